The summed E-state index contributed by atoms with van der Waals surface area (Å²) in [6, 6.07) is 13.6. The molecule has 0 fully saturated rings. The molecule has 144 valence electrons. The molecule has 2 aromatic carbocycles. The number of non-ortho nitro benzene ring substituents is 1. The Labute approximate surface area is 160 Å². The van der Waals surface area contributed by atoms with E-state index in [1.807, 2.05) is 22.9 Å². The molecule has 0 saturated heterocycles. The number of sulfonamides is 1. The highest BCUT2D eigenvalue weighted by molar-refractivity contribution is 7.89. The predicted molar refractivity (Wildman–Crippen MR) is 99.7 cm³/mol. The van der Waals surface area contributed by atoms with E-state index in [-0.39, 0.29) is 17.1 Å². The summed E-state index contributed by atoms with van der Waals surface area (Å²) in [5.74, 6) is -0.403. The van der Waals surface area contributed by atoms with Gasteiger partial charge >= 0.3 is 0 Å². The Morgan fingerprint density at radius 1 is 1.00 bits per heavy atom. The van der Waals surface area contributed by atoms with E-state index in [0.717, 1.165) is 5.69 Å². The average Bonchev–Trinajstić information content (AvgIpc) is 3.17. The standard InChI is InChI=1S/C19H16FN3O4S/c20-15-5-3-14(4-6-15)19-18-2-1-11-21(18)12-13-22(19)28(26,27)17-9-7-16(8-10-17)23(24)25/h1-11,19H,12-13H2. The normalized spacial score (nSPS) is 17.2. The zero-order chi connectivity index (χ0) is 19.9. The average molecular weight is 401 g/mol. The molecule has 9 heteroatoms. The first kappa shape index (κ1) is 18.3. The molecule has 1 atom stereocenters. The van der Waals surface area contributed by atoms with Crippen LogP contribution in [0.3, 0.4) is 0 Å². The summed E-state index contributed by atoms with van der Waals surface area (Å²) < 4.78 is 43.4. The molecular weight excluding hydrogens is 385 g/mol. The van der Waals surface area contributed by atoms with Crippen LogP contribution >= 0.6 is 0 Å². The molecule has 28 heavy (non-hydrogen) atoms. The van der Waals surface area contributed by atoms with Gasteiger partial charge in [-0.1, -0.05) is 12.1 Å². The minimum Gasteiger partial charge on any atom is -0.348 e. The van der Waals surface area contributed by atoms with Crippen molar-refractivity contribution in [3.05, 3.63) is 94.0 Å². The number of benzene rings is 2. The monoisotopic (exact) mass is 401 g/mol. The van der Waals surface area contributed by atoms with E-state index in [1.54, 1.807) is 12.1 Å². The number of nitrogens with zero attached hydrogens (tertiary/aromatic N) is 3. The minimum atomic E-state index is -3.93. The molecule has 0 bridgehead atoms. The molecule has 0 saturated carbocycles. The van der Waals surface area contributed by atoms with Crippen molar-refractivity contribution in [2.75, 3.05) is 6.54 Å². The Morgan fingerprint density at radius 3 is 2.32 bits per heavy atom. The van der Waals surface area contributed by atoms with Crippen LogP contribution in [-0.2, 0) is 16.6 Å². The summed E-state index contributed by atoms with van der Waals surface area (Å²) in [5.41, 5.74) is 1.25. The third-order valence-corrected chi connectivity index (χ3v) is 6.71. The van der Waals surface area contributed by atoms with Gasteiger partial charge in [0.05, 0.1) is 15.9 Å². The first-order valence-electron chi connectivity index (χ1n) is 8.55. The second-order valence-electron chi connectivity index (χ2n) is 6.45. The fourth-order valence-electron chi connectivity index (χ4n) is 3.48. The van der Waals surface area contributed by atoms with Gasteiger partial charge in [0.15, 0.2) is 0 Å². The van der Waals surface area contributed by atoms with Gasteiger partial charge in [-0.05, 0) is 42.0 Å². The molecular formula is C19H16FN3O4S. The van der Waals surface area contributed by atoms with Crippen molar-refractivity contribution in [3.8, 4) is 0 Å². The lowest BCUT2D eigenvalue weighted by molar-refractivity contribution is -0.384. The van der Waals surface area contributed by atoms with E-state index >= 15 is 0 Å². The van der Waals surface area contributed by atoms with Crippen LogP contribution in [0.25, 0.3) is 0 Å². The third kappa shape index (κ3) is 3.08. The van der Waals surface area contributed by atoms with Crippen molar-refractivity contribution in [2.24, 2.45) is 0 Å². The van der Waals surface area contributed by atoms with E-state index in [2.05, 4.69) is 0 Å². The maximum Gasteiger partial charge on any atom is 0.269 e. The van der Waals surface area contributed by atoms with Crippen LogP contribution < -0.4 is 0 Å². The van der Waals surface area contributed by atoms with E-state index in [9.17, 15) is 22.9 Å². The number of rotatable bonds is 4. The van der Waals surface area contributed by atoms with Gasteiger partial charge in [0.2, 0.25) is 10.0 Å². The number of hydrogen-bond acceptors (Lipinski definition) is 4. The number of aromatic nitrogens is 1. The first-order valence-corrected chi connectivity index (χ1v) is 9.99. The van der Waals surface area contributed by atoms with Gasteiger partial charge in [-0.3, -0.25) is 10.1 Å². The molecule has 7 nitrogen and oxygen atoms in total. The molecule has 0 aliphatic carbocycles. The van der Waals surface area contributed by atoms with Crippen molar-refractivity contribution < 1.29 is 17.7 Å². The number of nitro benzene ring substituents is 1. The van der Waals surface area contributed by atoms with Gasteiger partial charge in [0.25, 0.3) is 5.69 Å². The molecule has 0 spiro atoms. The van der Waals surface area contributed by atoms with Crippen LogP contribution in [0.1, 0.15) is 17.3 Å². The van der Waals surface area contributed by atoms with Crippen molar-refractivity contribution in [1.82, 2.24) is 8.87 Å². The molecule has 1 aliphatic rings. The summed E-state index contributed by atoms with van der Waals surface area (Å²) >= 11 is 0. The number of nitro groups is 1. The van der Waals surface area contributed by atoms with Crippen LogP contribution in [-0.4, -0.2) is 28.8 Å². The van der Waals surface area contributed by atoms with Crippen LogP contribution in [0.15, 0.2) is 71.8 Å². The molecule has 1 aromatic heterocycles. The maximum atomic E-state index is 13.4. The fourth-order valence-corrected chi connectivity index (χ4v) is 5.06. The quantitative estimate of drug-likeness (QED) is 0.496. The highest BCUT2D eigenvalue weighted by Gasteiger charge is 2.37. The molecule has 2 heterocycles. The van der Waals surface area contributed by atoms with Crippen LogP contribution in [0.5, 0.6) is 0 Å². The van der Waals surface area contributed by atoms with Crippen molar-refractivity contribution in [1.29, 1.82) is 0 Å². The summed E-state index contributed by atoms with van der Waals surface area (Å²) in [4.78, 5) is 10.2. The van der Waals surface area contributed by atoms with E-state index in [4.69, 9.17) is 0 Å². The van der Waals surface area contributed by atoms with Gasteiger partial charge in [0.1, 0.15) is 5.82 Å². The molecule has 1 unspecified atom stereocenters. The van der Waals surface area contributed by atoms with Crippen molar-refractivity contribution in [2.45, 2.75) is 17.5 Å². The van der Waals surface area contributed by atoms with E-state index < -0.39 is 26.8 Å². The van der Waals surface area contributed by atoms with Crippen LogP contribution in [0, 0.1) is 15.9 Å². The maximum absolute atomic E-state index is 13.4. The minimum absolute atomic E-state index is 0.0229. The lowest BCUT2D eigenvalue weighted by Gasteiger charge is -2.36. The topological polar surface area (TPSA) is 85.4 Å². The lowest BCUT2D eigenvalue weighted by Crippen LogP contribution is -2.42. The number of hydrogen-bond donors (Lipinski definition) is 0. The fraction of sp³-hybridized carbons (Fsp3) is 0.158. The van der Waals surface area contributed by atoms with Gasteiger partial charge in [-0.15, -0.1) is 0 Å². The molecule has 3 aromatic rings. The summed E-state index contributed by atoms with van der Waals surface area (Å²) in [6.45, 7) is 0.704. The zero-order valence-electron chi connectivity index (χ0n) is 14.6. The van der Waals surface area contributed by atoms with Gasteiger partial charge < -0.3 is 4.57 Å². The summed E-state index contributed by atoms with van der Waals surface area (Å²) in [5, 5.41) is 10.8. The van der Waals surface area contributed by atoms with E-state index in [1.165, 1.54) is 40.7 Å². The van der Waals surface area contributed by atoms with Gasteiger partial charge in [0, 0.05) is 37.1 Å². The van der Waals surface area contributed by atoms with Crippen LogP contribution in [0.4, 0.5) is 10.1 Å². The highest BCUT2D eigenvalue weighted by Crippen LogP contribution is 2.36. The van der Waals surface area contributed by atoms with Crippen LogP contribution in [0.2, 0.25) is 0 Å². The molecule has 0 N–H and O–H groups in total. The molecule has 1 aliphatic heterocycles. The summed E-state index contributed by atoms with van der Waals surface area (Å²) in [7, 11) is -3.93. The smallest absolute Gasteiger partial charge is 0.269 e. The molecule has 0 amide bonds. The Bertz CT molecular complexity index is 1120. The second-order valence-corrected chi connectivity index (χ2v) is 8.34. The Hall–Kier alpha value is -3.04. The van der Waals surface area contributed by atoms with Crippen molar-refractivity contribution >= 4 is 15.7 Å². The lowest BCUT2D eigenvalue weighted by atomic mass is 10.0. The van der Waals surface area contributed by atoms with Gasteiger partial charge in [-0.25, -0.2) is 12.8 Å². The molecule has 0 radical (unpaired) electrons. The molecule has 4 rings (SSSR count). The second kappa shape index (κ2) is 6.84. The predicted octanol–water partition coefficient (Wildman–Crippen LogP) is 3.33. The Balaban J connectivity index is 1.80. The van der Waals surface area contributed by atoms with Crippen molar-refractivity contribution in [3.63, 3.8) is 0 Å². The Kier molecular flexibility index (Phi) is 4.48. The SMILES string of the molecule is O=[N+]([O-])c1ccc(S(=O)(=O)N2CCn3cccc3C2c2ccc(F)cc2)cc1. The third-order valence-electron chi connectivity index (χ3n) is 4.83. The zero-order valence-corrected chi connectivity index (χ0v) is 15.4. The van der Waals surface area contributed by atoms with Gasteiger partial charge in [-0.2, -0.15) is 4.31 Å². The largest absolute Gasteiger partial charge is 0.348 e. The number of fused-ring (bicyclic) bond motifs is 1. The summed E-state index contributed by atoms with van der Waals surface area (Å²) in [6.07, 6.45) is 1.88. The van der Waals surface area contributed by atoms with E-state index in [0.29, 0.717) is 12.1 Å². The first-order chi connectivity index (χ1) is 13.4. The number of halogens is 1. The Morgan fingerprint density at radius 2 is 1.68 bits per heavy atom. The highest BCUT2D eigenvalue weighted by atomic mass is 32.2.